The van der Waals surface area contributed by atoms with Gasteiger partial charge >= 0.3 is 0 Å². The summed E-state index contributed by atoms with van der Waals surface area (Å²) in [4.78, 5) is 18.9. The van der Waals surface area contributed by atoms with Crippen LogP contribution < -0.4 is 9.47 Å². The number of fused-ring (bicyclic) bond motifs is 2. The summed E-state index contributed by atoms with van der Waals surface area (Å²) in [6.45, 7) is 4.33. The SMILES string of the molecule is CC(C(=O)c1c[nH]c2ccccc12)N1CCCC1c1ccc2c(c1)OCCCO2. The summed E-state index contributed by atoms with van der Waals surface area (Å²) < 4.78 is 11.7. The number of benzene rings is 2. The van der Waals surface area contributed by atoms with Gasteiger partial charge in [-0.1, -0.05) is 24.3 Å². The molecule has 2 unspecified atom stereocenters. The Kier molecular flexibility index (Phi) is 4.76. The van der Waals surface area contributed by atoms with E-state index in [1.54, 1.807) is 0 Å². The van der Waals surface area contributed by atoms with E-state index in [1.165, 1.54) is 5.56 Å². The van der Waals surface area contributed by atoms with Gasteiger partial charge in [-0.25, -0.2) is 0 Å². The number of ether oxygens (including phenoxy) is 2. The fourth-order valence-corrected chi connectivity index (χ4v) is 4.65. The molecule has 0 saturated carbocycles. The van der Waals surface area contributed by atoms with E-state index in [9.17, 15) is 4.79 Å². The zero-order valence-electron chi connectivity index (χ0n) is 16.7. The van der Waals surface area contributed by atoms with Gasteiger partial charge in [0.15, 0.2) is 17.3 Å². The second-order valence-corrected chi connectivity index (χ2v) is 7.94. The van der Waals surface area contributed by atoms with Gasteiger partial charge in [0.2, 0.25) is 0 Å². The van der Waals surface area contributed by atoms with Crippen LogP contribution in [0.1, 0.15) is 48.1 Å². The molecule has 0 aliphatic carbocycles. The number of carbonyl (C=O) groups is 1. The summed E-state index contributed by atoms with van der Waals surface area (Å²) in [5, 5.41) is 0.996. The maximum Gasteiger partial charge on any atom is 0.181 e. The number of likely N-dealkylation sites (tertiary alicyclic amines) is 1. The number of nitrogens with one attached hydrogen (secondary N) is 1. The first-order valence-corrected chi connectivity index (χ1v) is 10.5. The van der Waals surface area contributed by atoms with E-state index in [0.29, 0.717) is 13.2 Å². The van der Waals surface area contributed by atoms with Crippen molar-refractivity contribution in [1.82, 2.24) is 9.88 Å². The van der Waals surface area contributed by atoms with Gasteiger partial charge < -0.3 is 14.5 Å². The lowest BCUT2D eigenvalue weighted by Crippen LogP contribution is -2.38. The van der Waals surface area contributed by atoms with Crippen LogP contribution in [0, 0.1) is 0 Å². The fraction of sp³-hybridized carbons (Fsp3) is 0.375. The Morgan fingerprint density at radius 2 is 1.93 bits per heavy atom. The van der Waals surface area contributed by atoms with Crippen LogP contribution in [-0.4, -0.2) is 41.5 Å². The minimum atomic E-state index is -0.183. The number of rotatable bonds is 4. The Morgan fingerprint density at radius 1 is 1.10 bits per heavy atom. The zero-order chi connectivity index (χ0) is 19.8. The van der Waals surface area contributed by atoms with Crippen molar-refractivity contribution in [2.24, 2.45) is 0 Å². The largest absolute Gasteiger partial charge is 0.490 e. The van der Waals surface area contributed by atoms with E-state index in [4.69, 9.17) is 9.47 Å². The first kappa shape index (κ1) is 18.3. The van der Waals surface area contributed by atoms with Crippen molar-refractivity contribution in [1.29, 1.82) is 0 Å². The topological polar surface area (TPSA) is 54.6 Å². The molecule has 3 heterocycles. The number of aromatic amines is 1. The monoisotopic (exact) mass is 390 g/mol. The fourth-order valence-electron chi connectivity index (χ4n) is 4.65. The molecule has 0 radical (unpaired) electrons. The summed E-state index contributed by atoms with van der Waals surface area (Å²) in [6, 6.07) is 14.3. The van der Waals surface area contributed by atoms with Crippen LogP contribution in [-0.2, 0) is 0 Å². The van der Waals surface area contributed by atoms with E-state index < -0.39 is 0 Å². The van der Waals surface area contributed by atoms with Gasteiger partial charge in [-0.2, -0.15) is 0 Å². The average molecular weight is 390 g/mol. The Labute approximate surface area is 170 Å². The van der Waals surface area contributed by atoms with Crippen molar-refractivity contribution in [3.8, 4) is 11.5 Å². The first-order valence-electron chi connectivity index (χ1n) is 10.5. The predicted octanol–water partition coefficient (Wildman–Crippen LogP) is 4.74. The average Bonchev–Trinajstić information content (AvgIpc) is 3.34. The van der Waals surface area contributed by atoms with Gasteiger partial charge in [-0.05, 0) is 50.1 Å². The van der Waals surface area contributed by atoms with Crippen molar-refractivity contribution >= 4 is 16.7 Å². The van der Waals surface area contributed by atoms with Gasteiger partial charge in [-0.15, -0.1) is 0 Å². The summed E-state index contributed by atoms with van der Waals surface area (Å²) in [6.07, 6.45) is 4.88. The molecule has 0 amide bonds. The number of Topliss-reactive ketones (excluding diaryl/α,β-unsaturated/α-hetero) is 1. The lowest BCUT2D eigenvalue weighted by molar-refractivity contribution is 0.0821. The van der Waals surface area contributed by atoms with Crippen LogP contribution >= 0.6 is 0 Å². The quantitative estimate of drug-likeness (QED) is 0.654. The molecule has 5 heteroatoms. The minimum absolute atomic E-state index is 0.170. The molecule has 2 aliphatic heterocycles. The molecule has 2 aromatic carbocycles. The molecule has 2 aliphatic rings. The Hall–Kier alpha value is -2.79. The van der Waals surface area contributed by atoms with Crippen LogP contribution in [0.3, 0.4) is 0 Å². The summed E-state index contributed by atoms with van der Waals surface area (Å²) >= 11 is 0. The Balaban J connectivity index is 1.42. The molecule has 0 spiro atoms. The normalized spacial score (nSPS) is 20.5. The van der Waals surface area contributed by atoms with E-state index in [1.807, 2.05) is 43.5 Å². The number of ketones is 1. The first-order chi connectivity index (χ1) is 14.2. The van der Waals surface area contributed by atoms with E-state index in [2.05, 4.69) is 22.0 Å². The molecule has 1 N–H and O–H groups in total. The second kappa shape index (κ2) is 7.56. The third-order valence-corrected chi connectivity index (χ3v) is 6.18. The summed E-state index contributed by atoms with van der Waals surface area (Å²) in [5.74, 6) is 1.81. The van der Waals surface area contributed by atoms with Gasteiger partial charge in [0.1, 0.15) is 0 Å². The maximum absolute atomic E-state index is 13.4. The molecule has 5 rings (SSSR count). The van der Waals surface area contributed by atoms with Crippen molar-refractivity contribution in [2.45, 2.75) is 38.3 Å². The highest BCUT2D eigenvalue weighted by molar-refractivity contribution is 6.10. The number of aromatic nitrogens is 1. The Bertz CT molecular complexity index is 1040. The molecule has 2 atom stereocenters. The number of H-pyrrole nitrogens is 1. The number of hydrogen-bond donors (Lipinski definition) is 1. The number of para-hydroxylation sites is 1. The van der Waals surface area contributed by atoms with Crippen LogP contribution in [0.25, 0.3) is 10.9 Å². The standard InChI is InChI=1S/C24H26N2O3/c1-16(24(27)19-15-25-20-7-3-2-6-18(19)20)26-11-4-8-21(26)17-9-10-22-23(14-17)29-13-5-12-28-22/h2-3,6-7,9-10,14-16,21,25H,4-5,8,11-13H2,1H3. The highest BCUT2D eigenvalue weighted by Gasteiger charge is 2.34. The van der Waals surface area contributed by atoms with Crippen molar-refractivity contribution in [2.75, 3.05) is 19.8 Å². The minimum Gasteiger partial charge on any atom is -0.490 e. The molecular formula is C24H26N2O3. The molecule has 1 saturated heterocycles. The van der Waals surface area contributed by atoms with Gasteiger partial charge in [0.25, 0.3) is 0 Å². The lowest BCUT2D eigenvalue weighted by atomic mass is 9.99. The van der Waals surface area contributed by atoms with Crippen LogP contribution in [0.4, 0.5) is 0 Å². The molecule has 0 bridgehead atoms. The smallest absolute Gasteiger partial charge is 0.181 e. The molecule has 150 valence electrons. The molecule has 1 aromatic heterocycles. The molecule has 5 nitrogen and oxygen atoms in total. The Morgan fingerprint density at radius 3 is 2.83 bits per heavy atom. The summed E-state index contributed by atoms with van der Waals surface area (Å²) in [5.41, 5.74) is 2.98. The van der Waals surface area contributed by atoms with Gasteiger partial charge in [0, 0.05) is 35.1 Å². The lowest BCUT2D eigenvalue weighted by Gasteiger charge is -2.30. The van der Waals surface area contributed by atoms with Crippen molar-refractivity contribution in [3.63, 3.8) is 0 Å². The highest BCUT2D eigenvalue weighted by atomic mass is 16.5. The van der Waals surface area contributed by atoms with E-state index in [0.717, 1.165) is 53.8 Å². The third kappa shape index (κ3) is 3.29. The van der Waals surface area contributed by atoms with Crippen LogP contribution in [0.5, 0.6) is 11.5 Å². The molecule has 29 heavy (non-hydrogen) atoms. The van der Waals surface area contributed by atoms with Gasteiger partial charge in [-0.3, -0.25) is 9.69 Å². The van der Waals surface area contributed by atoms with Crippen molar-refractivity contribution in [3.05, 3.63) is 59.8 Å². The van der Waals surface area contributed by atoms with Gasteiger partial charge in [0.05, 0.1) is 19.3 Å². The number of carbonyl (C=O) groups excluding carboxylic acids is 1. The number of hydrogen-bond acceptors (Lipinski definition) is 4. The van der Waals surface area contributed by atoms with E-state index in [-0.39, 0.29) is 17.9 Å². The highest BCUT2D eigenvalue weighted by Crippen LogP contribution is 2.39. The zero-order valence-corrected chi connectivity index (χ0v) is 16.7. The predicted molar refractivity (Wildman–Crippen MR) is 113 cm³/mol. The van der Waals surface area contributed by atoms with Crippen molar-refractivity contribution < 1.29 is 14.3 Å². The second-order valence-electron chi connectivity index (χ2n) is 7.94. The van der Waals surface area contributed by atoms with Crippen LogP contribution in [0.15, 0.2) is 48.7 Å². The molecular weight excluding hydrogens is 364 g/mol. The molecule has 3 aromatic rings. The van der Waals surface area contributed by atoms with E-state index >= 15 is 0 Å². The third-order valence-electron chi connectivity index (χ3n) is 6.18. The van der Waals surface area contributed by atoms with Crippen LogP contribution in [0.2, 0.25) is 0 Å². The molecule has 1 fully saturated rings. The maximum atomic E-state index is 13.4. The number of nitrogens with zero attached hydrogens (tertiary/aromatic N) is 1. The summed E-state index contributed by atoms with van der Waals surface area (Å²) in [7, 11) is 0.